The fourth-order valence-corrected chi connectivity index (χ4v) is 3.45. The number of carbonyl (C=O) groups excluding carboxylic acids is 1. The number of benzene rings is 4. The maximum Gasteiger partial charge on any atom is 0.193 e. The number of carbonyl (C=O) groups is 1. The average Bonchev–Trinajstić information content (AvgIpc) is 2.79. The van der Waals surface area contributed by atoms with Crippen LogP contribution < -0.4 is 0 Å². The van der Waals surface area contributed by atoms with E-state index in [9.17, 15) is 4.79 Å². The second-order valence-corrected chi connectivity index (χ2v) is 7.06. The molecule has 0 bridgehead atoms. The van der Waals surface area contributed by atoms with Crippen LogP contribution in [0.5, 0.6) is 0 Å². The maximum absolute atomic E-state index is 12.8. The average molecular weight is 374 g/mol. The van der Waals surface area contributed by atoms with Crippen molar-refractivity contribution < 1.29 is 4.79 Å². The molecule has 0 radical (unpaired) electrons. The van der Waals surface area contributed by atoms with Crippen molar-refractivity contribution in [3.05, 3.63) is 143 Å². The van der Waals surface area contributed by atoms with E-state index < -0.39 is 0 Å². The van der Waals surface area contributed by atoms with Gasteiger partial charge in [0.05, 0.1) is 0 Å². The van der Waals surface area contributed by atoms with Crippen LogP contribution in [0.1, 0.15) is 38.2 Å². The lowest BCUT2D eigenvalue weighted by molar-refractivity contribution is 0.103. The van der Waals surface area contributed by atoms with Gasteiger partial charge in [-0.1, -0.05) is 109 Å². The molecular formula is C28H22O. The van der Waals surface area contributed by atoms with Gasteiger partial charge in [-0.2, -0.15) is 0 Å². The summed E-state index contributed by atoms with van der Waals surface area (Å²) < 4.78 is 0. The summed E-state index contributed by atoms with van der Waals surface area (Å²) in [5.74, 6) is 0.0602. The first-order valence-electron chi connectivity index (χ1n) is 9.75. The molecule has 0 N–H and O–H groups in total. The van der Waals surface area contributed by atoms with E-state index in [2.05, 4.69) is 54.6 Å². The molecule has 140 valence electrons. The Morgan fingerprint density at radius 3 is 1.66 bits per heavy atom. The summed E-state index contributed by atoms with van der Waals surface area (Å²) in [6.07, 6.45) is 2.17. The Labute approximate surface area is 172 Å². The fourth-order valence-electron chi connectivity index (χ4n) is 3.45. The highest BCUT2D eigenvalue weighted by molar-refractivity contribution is 6.10. The molecule has 0 saturated carbocycles. The second kappa shape index (κ2) is 8.53. The number of rotatable bonds is 5. The minimum atomic E-state index is 0.0602. The molecule has 1 heteroatoms. The zero-order valence-electron chi connectivity index (χ0n) is 16.4. The van der Waals surface area contributed by atoms with Crippen LogP contribution >= 0.6 is 0 Å². The van der Waals surface area contributed by atoms with E-state index in [0.29, 0.717) is 5.56 Å². The lowest BCUT2D eigenvalue weighted by Gasteiger charge is -2.09. The minimum Gasteiger partial charge on any atom is -0.289 e. The number of hydrogen-bond donors (Lipinski definition) is 0. The molecule has 0 aromatic heterocycles. The highest BCUT2D eigenvalue weighted by atomic mass is 16.1. The molecule has 0 aliphatic carbocycles. The summed E-state index contributed by atoms with van der Waals surface area (Å²) in [6, 6.07) is 36.3. The highest BCUT2D eigenvalue weighted by Gasteiger charge is 2.11. The molecule has 1 nitrogen and oxygen atoms in total. The van der Waals surface area contributed by atoms with Crippen molar-refractivity contribution in [3.63, 3.8) is 0 Å². The van der Waals surface area contributed by atoms with Gasteiger partial charge in [0.25, 0.3) is 0 Å². The number of aryl methyl sites for hydroxylation is 1. The molecule has 0 unspecified atom stereocenters. The van der Waals surface area contributed by atoms with Crippen molar-refractivity contribution in [1.82, 2.24) is 0 Å². The van der Waals surface area contributed by atoms with Gasteiger partial charge in [-0.15, -0.1) is 0 Å². The molecule has 29 heavy (non-hydrogen) atoms. The number of ketones is 1. The van der Waals surface area contributed by atoms with E-state index in [4.69, 9.17) is 0 Å². The Morgan fingerprint density at radius 2 is 1.10 bits per heavy atom. The number of hydrogen-bond acceptors (Lipinski definition) is 1. The van der Waals surface area contributed by atoms with Gasteiger partial charge in [-0.25, -0.2) is 0 Å². The van der Waals surface area contributed by atoms with Gasteiger partial charge in [0.15, 0.2) is 5.78 Å². The third-order valence-corrected chi connectivity index (χ3v) is 5.04. The summed E-state index contributed by atoms with van der Waals surface area (Å²) in [4.78, 5) is 12.8. The van der Waals surface area contributed by atoms with Gasteiger partial charge in [0.2, 0.25) is 0 Å². The van der Waals surface area contributed by atoms with E-state index in [0.717, 1.165) is 22.3 Å². The first-order chi connectivity index (χ1) is 14.2. The highest BCUT2D eigenvalue weighted by Crippen LogP contribution is 2.26. The molecule has 0 heterocycles. The van der Waals surface area contributed by atoms with E-state index in [1.54, 1.807) is 0 Å². The third kappa shape index (κ3) is 4.25. The molecule has 0 atom stereocenters. The molecular weight excluding hydrogens is 352 g/mol. The summed E-state index contributed by atoms with van der Waals surface area (Å²) >= 11 is 0. The van der Waals surface area contributed by atoms with Crippen LogP contribution in [-0.4, -0.2) is 5.78 Å². The van der Waals surface area contributed by atoms with Gasteiger partial charge in [-0.05, 0) is 40.8 Å². The van der Waals surface area contributed by atoms with Gasteiger partial charge < -0.3 is 0 Å². The Morgan fingerprint density at radius 1 is 0.586 bits per heavy atom. The Hall–Kier alpha value is -3.71. The van der Waals surface area contributed by atoms with Crippen LogP contribution in [0, 0.1) is 6.92 Å². The molecule has 0 saturated heterocycles. The standard InChI is InChI=1S/C28H22O/c1-21-10-8-9-15-26(21)28(29)25-18-16-22(17-19-25)20-27(23-11-4-2-5-12-23)24-13-6-3-7-14-24/h2-20H,1H3. The summed E-state index contributed by atoms with van der Waals surface area (Å²) in [6.45, 7) is 1.97. The normalized spacial score (nSPS) is 10.4. The van der Waals surface area contributed by atoms with Crippen LogP contribution in [-0.2, 0) is 0 Å². The molecule has 4 aromatic rings. The van der Waals surface area contributed by atoms with Crippen molar-refractivity contribution in [3.8, 4) is 0 Å². The van der Waals surface area contributed by atoms with E-state index in [1.807, 2.05) is 67.6 Å². The molecule has 4 rings (SSSR count). The predicted molar refractivity (Wildman–Crippen MR) is 121 cm³/mol. The van der Waals surface area contributed by atoms with Crippen molar-refractivity contribution in [2.45, 2.75) is 6.92 Å². The zero-order valence-corrected chi connectivity index (χ0v) is 16.4. The summed E-state index contributed by atoms with van der Waals surface area (Å²) in [5.41, 5.74) is 7.01. The van der Waals surface area contributed by atoms with Crippen LogP contribution in [0.15, 0.2) is 109 Å². The summed E-state index contributed by atoms with van der Waals surface area (Å²) in [5, 5.41) is 0. The molecule has 0 aliphatic heterocycles. The lowest BCUT2D eigenvalue weighted by Crippen LogP contribution is -2.03. The van der Waals surface area contributed by atoms with Crippen LogP contribution in [0.4, 0.5) is 0 Å². The SMILES string of the molecule is Cc1ccccc1C(=O)c1ccc(C=C(c2ccccc2)c2ccccc2)cc1. The zero-order chi connectivity index (χ0) is 20.1. The Balaban J connectivity index is 1.69. The first-order valence-corrected chi connectivity index (χ1v) is 9.75. The van der Waals surface area contributed by atoms with Crippen molar-refractivity contribution in [2.24, 2.45) is 0 Å². The first kappa shape index (κ1) is 18.6. The minimum absolute atomic E-state index is 0.0602. The van der Waals surface area contributed by atoms with E-state index in [-0.39, 0.29) is 5.78 Å². The van der Waals surface area contributed by atoms with Crippen LogP contribution in [0.2, 0.25) is 0 Å². The predicted octanol–water partition coefficient (Wildman–Crippen LogP) is 6.81. The lowest BCUT2D eigenvalue weighted by atomic mass is 9.94. The van der Waals surface area contributed by atoms with Gasteiger partial charge >= 0.3 is 0 Å². The van der Waals surface area contributed by atoms with Gasteiger partial charge in [-0.3, -0.25) is 4.79 Å². The van der Waals surface area contributed by atoms with Crippen LogP contribution in [0.25, 0.3) is 11.6 Å². The molecule has 0 spiro atoms. The topological polar surface area (TPSA) is 17.1 Å². The smallest absolute Gasteiger partial charge is 0.193 e. The molecule has 0 fully saturated rings. The third-order valence-electron chi connectivity index (χ3n) is 5.04. The van der Waals surface area contributed by atoms with Crippen molar-refractivity contribution >= 4 is 17.4 Å². The van der Waals surface area contributed by atoms with Crippen molar-refractivity contribution in [1.29, 1.82) is 0 Å². The van der Waals surface area contributed by atoms with Gasteiger partial charge in [0.1, 0.15) is 0 Å². The van der Waals surface area contributed by atoms with E-state index >= 15 is 0 Å². The van der Waals surface area contributed by atoms with E-state index in [1.165, 1.54) is 11.1 Å². The largest absolute Gasteiger partial charge is 0.289 e. The fraction of sp³-hybridized carbons (Fsp3) is 0.0357. The van der Waals surface area contributed by atoms with Gasteiger partial charge in [0, 0.05) is 11.1 Å². The maximum atomic E-state index is 12.8. The molecule has 0 aliphatic rings. The molecule has 0 amide bonds. The second-order valence-electron chi connectivity index (χ2n) is 7.06. The van der Waals surface area contributed by atoms with Crippen LogP contribution in [0.3, 0.4) is 0 Å². The quantitative estimate of drug-likeness (QED) is 0.277. The monoisotopic (exact) mass is 374 g/mol. The van der Waals surface area contributed by atoms with Crippen molar-refractivity contribution in [2.75, 3.05) is 0 Å². The molecule has 4 aromatic carbocycles. The Kier molecular flexibility index (Phi) is 5.49. The summed E-state index contributed by atoms with van der Waals surface area (Å²) in [7, 11) is 0. The Bertz CT molecular complexity index is 1100.